The number of amides is 1. The van der Waals surface area contributed by atoms with Gasteiger partial charge in [-0.05, 0) is 13.0 Å². The van der Waals surface area contributed by atoms with Gasteiger partial charge in [0.15, 0.2) is 0 Å². The van der Waals surface area contributed by atoms with Gasteiger partial charge < -0.3 is 10.2 Å². The molecule has 0 aliphatic carbocycles. The van der Waals surface area contributed by atoms with Crippen LogP contribution in [-0.2, 0) is 18.4 Å². The fourth-order valence-electron chi connectivity index (χ4n) is 1.77. The monoisotopic (exact) mass is 208 g/mol. The maximum atomic E-state index is 11.7. The van der Waals surface area contributed by atoms with Crippen molar-refractivity contribution in [2.45, 2.75) is 13.0 Å². The molecule has 0 bridgehead atoms. The van der Waals surface area contributed by atoms with Crippen molar-refractivity contribution in [2.24, 2.45) is 7.05 Å². The molecule has 15 heavy (non-hydrogen) atoms. The van der Waals surface area contributed by atoms with E-state index >= 15 is 0 Å². The van der Waals surface area contributed by atoms with Crippen molar-refractivity contribution in [2.75, 3.05) is 19.6 Å². The number of nitrogens with zero attached hydrogens (tertiary/aromatic N) is 3. The van der Waals surface area contributed by atoms with E-state index in [0.29, 0.717) is 13.1 Å². The van der Waals surface area contributed by atoms with Gasteiger partial charge in [0.1, 0.15) is 0 Å². The molecule has 0 aromatic carbocycles. The maximum absolute atomic E-state index is 11.7. The standard InChI is InChI=1S/C10H16N4O/c1-13-7-9(5-12-13)8-14-4-2-3-11-6-10(14)15/h5,7,11H,2-4,6,8H2,1H3. The smallest absolute Gasteiger partial charge is 0.236 e. The molecule has 1 aromatic heterocycles. The molecule has 1 aliphatic heterocycles. The Labute approximate surface area is 89.1 Å². The molecule has 1 saturated heterocycles. The molecular formula is C10H16N4O. The lowest BCUT2D eigenvalue weighted by atomic mass is 10.3. The van der Waals surface area contributed by atoms with E-state index in [-0.39, 0.29) is 5.91 Å². The van der Waals surface area contributed by atoms with Crippen molar-refractivity contribution >= 4 is 5.91 Å². The summed E-state index contributed by atoms with van der Waals surface area (Å²) in [7, 11) is 1.88. The first kappa shape index (κ1) is 10.2. The molecule has 1 aromatic rings. The quantitative estimate of drug-likeness (QED) is 0.728. The SMILES string of the molecule is Cn1cc(CN2CCCNCC2=O)cn1. The second kappa shape index (κ2) is 4.44. The molecule has 1 fully saturated rings. The lowest BCUT2D eigenvalue weighted by Crippen LogP contribution is -2.34. The number of aryl methyl sites for hydroxylation is 1. The average molecular weight is 208 g/mol. The maximum Gasteiger partial charge on any atom is 0.236 e. The number of hydrogen-bond acceptors (Lipinski definition) is 3. The van der Waals surface area contributed by atoms with Gasteiger partial charge in [0.05, 0.1) is 12.7 Å². The molecule has 2 heterocycles. The van der Waals surface area contributed by atoms with Gasteiger partial charge in [0.25, 0.3) is 0 Å². The van der Waals surface area contributed by atoms with E-state index in [1.165, 1.54) is 0 Å². The predicted octanol–water partition coefficient (Wildman–Crippen LogP) is -0.258. The van der Waals surface area contributed by atoms with Crippen LogP contribution < -0.4 is 5.32 Å². The minimum atomic E-state index is 0.177. The number of aromatic nitrogens is 2. The van der Waals surface area contributed by atoms with Crippen LogP contribution in [0.25, 0.3) is 0 Å². The van der Waals surface area contributed by atoms with E-state index in [0.717, 1.165) is 25.1 Å². The van der Waals surface area contributed by atoms with E-state index in [9.17, 15) is 4.79 Å². The van der Waals surface area contributed by atoms with Gasteiger partial charge >= 0.3 is 0 Å². The Hall–Kier alpha value is -1.36. The summed E-state index contributed by atoms with van der Waals surface area (Å²) < 4.78 is 1.76. The van der Waals surface area contributed by atoms with Gasteiger partial charge in [-0.25, -0.2) is 0 Å². The van der Waals surface area contributed by atoms with E-state index in [1.807, 2.05) is 24.3 Å². The second-order valence-corrected chi connectivity index (χ2v) is 3.87. The van der Waals surface area contributed by atoms with Gasteiger partial charge in [0, 0.05) is 31.9 Å². The highest BCUT2D eigenvalue weighted by Crippen LogP contribution is 2.05. The van der Waals surface area contributed by atoms with Crippen molar-refractivity contribution in [1.29, 1.82) is 0 Å². The number of hydrogen-bond donors (Lipinski definition) is 1. The van der Waals surface area contributed by atoms with Crippen LogP contribution in [-0.4, -0.2) is 40.2 Å². The summed E-state index contributed by atoms with van der Waals surface area (Å²) in [4.78, 5) is 13.5. The molecule has 0 radical (unpaired) electrons. The van der Waals surface area contributed by atoms with Gasteiger partial charge in [0.2, 0.25) is 5.91 Å². The van der Waals surface area contributed by atoms with Crippen LogP contribution in [0.15, 0.2) is 12.4 Å². The van der Waals surface area contributed by atoms with Crippen LogP contribution in [0, 0.1) is 0 Å². The lowest BCUT2D eigenvalue weighted by molar-refractivity contribution is -0.130. The first-order valence-electron chi connectivity index (χ1n) is 5.22. The minimum Gasteiger partial charge on any atom is -0.337 e. The van der Waals surface area contributed by atoms with Gasteiger partial charge in [-0.15, -0.1) is 0 Å². The van der Waals surface area contributed by atoms with Gasteiger partial charge in [-0.1, -0.05) is 0 Å². The van der Waals surface area contributed by atoms with Crippen molar-refractivity contribution in [3.63, 3.8) is 0 Å². The Morgan fingerprint density at radius 2 is 2.47 bits per heavy atom. The van der Waals surface area contributed by atoms with Crippen LogP contribution in [0.2, 0.25) is 0 Å². The molecule has 1 amide bonds. The van der Waals surface area contributed by atoms with Gasteiger partial charge in [-0.3, -0.25) is 9.48 Å². The molecule has 0 unspecified atom stereocenters. The summed E-state index contributed by atoms with van der Waals surface area (Å²) in [5, 5.41) is 7.20. The van der Waals surface area contributed by atoms with Crippen molar-refractivity contribution in [1.82, 2.24) is 20.0 Å². The zero-order valence-electron chi connectivity index (χ0n) is 8.94. The zero-order valence-corrected chi connectivity index (χ0v) is 8.94. The van der Waals surface area contributed by atoms with Crippen molar-refractivity contribution in [3.8, 4) is 0 Å². The normalized spacial score (nSPS) is 17.9. The number of nitrogens with one attached hydrogen (secondary N) is 1. The zero-order chi connectivity index (χ0) is 10.7. The topological polar surface area (TPSA) is 50.2 Å². The molecule has 82 valence electrons. The molecule has 0 atom stereocenters. The summed E-state index contributed by atoms with van der Waals surface area (Å²) in [6, 6.07) is 0. The summed E-state index contributed by atoms with van der Waals surface area (Å²) >= 11 is 0. The van der Waals surface area contributed by atoms with Crippen LogP contribution in [0.3, 0.4) is 0 Å². The van der Waals surface area contributed by atoms with Crippen LogP contribution in [0.5, 0.6) is 0 Å². The lowest BCUT2D eigenvalue weighted by Gasteiger charge is -2.18. The highest BCUT2D eigenvalue weighted by atomic mass is 16.2. The number of rotatable bonds is 2. The Kier molecular flexibility index (Phi) is 3.01. The number of carbonyl (C=O) groups is 1. The van der Waals surface area contributed by atoms with E-state index in [4.69, 9.17) is 0 Å². The van der Waals surface area contributed by atoms with E-state index < -0.39 is 0 Å². The highest BCUT2D eigenvalue weighted by Gasteiger charge is 2.16. The molecule has 0 saturated carbocycles. The van der Waals surface area contributed by atoms with Crippen LogP contribution >= 0.6 is 0 Å². The third-order valence-corrected chi connectivity index (χ3v) is 2.54. The number of carbonyl (C=O) groups excluding carboxylic acids is 1. The highest BCUT2D eigenvalue weighted by molar-refractivity contribution is 5.78. The van der Waals surface area contributed by atoms with E-state index in [1.54, 1.807) is 4.68 Å². The Balaban J connectivity index is 2.00. The molecule has 0 spiro atoms. The summed E-state index contributed by atoms with van der Waals surface area (Å²) in [5.41, 5.74) is 1.09. The third kappa shape index (κ3) is 2.56. The molecule has 1 aliphatic rings. The molecule has 1 N–H and O–H groups in total. The van der Waals surface area contributed by atoms with Crippen LogP contribution in [0.1, 0.15) is 12.0 Å². The average Bonchev–Trinajstić information content (AvgIpc) is 2.50. The van der Waals surface area contributed by atoms with E-state index in [2.05, 4.69) is 10.4 Å². The Bertz CT molecular complexity index is 347. The first-order valence-corrected chi connectivity index (χ1v) is 5.22. The molecule has 5 nitrogen and oxygen atoms in total. The summed E-state index contributed by atoms with van der Waals surface area (Å²) in [5.74, 6) is 0.177. The third-order valence-electron chi connectivity index (χ3n) is 2.54. The van der Waals surface area contributed by atoms with Crippen molar-refractivity contribution < 1.29 is 4.79 Å². The van der Waals surface area contributed by atoms with Crippen molar-refractivity contribution in [3.05, 3.63) is 18.0 Å². The summed E-state index contributed by atoms with van der Waals surface area (Å²) in [6.45, 7) is 2.89. The first-order chi connectivity index (χ1) is 7.25. The van der Waals surface area contributed by atoms with Gasteiger partial charge in [-0.2, -0.15) is 5.10 Å². The fraction of sp³-hybridized carbons (Fsp3) is 0.600. The van der Waals surface area contributed by atoms with Crippen LogP contribution in [0.4, 0.5) is 0 Å². The Morgan fingerprint density at radius 1 is 1.60 bits per heavy atom. The minimum absolute atomic E-state index is 0.177. The largest absolute Gasteiger partial charge is 0.337 e. The molecular weight excluding hydrogens is 192 g/mol. The second-order valence-electron chi connectivity index (χ2n) is 3.87. The predicted molar refractivity (Wildman–Crippen MR) is 56.1 cm³/mol. The fourth-order valence-corrected chi connectivity index (χ4v) is 1.77. The Morgan fingerprint density at radius 3 is 3.20 bits per heavy atom. The molecule has 2 rings (SSSR count). The molecule has 5 heteroatoms. The summed E-state index contributed by atoms with van der Waals surface area (Å²) in [6.07, 6.45) is 4.78.